The van der Waals surface area contributed by atoms with Gasteiger partial charge in [0.25, 0.3) is 5.56 Å². The van der Waals surface area contributed by atoms with Gasteiger partial charge in [0.1, 0.15) is 5.69 Å². The molecule has 310 valence electrons. The molecule has 4 atom stereocenters. The number of nitrogens with zero attached hydrogens (tertiary/aromatic N) is 5. The van der Waals surface area contributed by atoms with Gasteiger partial charge in [0.2, 0.25) is 0 Å². The fourth-order valence-corrected chi connectivity index (χ4v) is 9.85. The predicted octanol–water partition coefficient (Wildman–Crippen LogP) is 4.88. The number of benzene rings is 4. The molecule has 61 heavy (non-hydrogen) atoms. The molecule has 14 nitrogen and oxygen atoms in total. The van der Waals surface area contributed by atoms with E-state index in [1.807, 2.05) is 42.5 Å². The molecule has 2 aliphatic carbocycles. The molecular formula is C47H43N5O9. The summed E-state index contributed by atoms with van der Waals surface area (Å²) in [6, 6.07) is 25.7. The van der Waals surface area contributed by atoms with Gasteiger partial charge in [-0.25, -0.2) is 28.5 Å². The molecule has 0 unspecified atom stereocenters. The van der Waals surface area contributed by atoms with Gasteiger partial charge in [-0.3, -0.25) is 14.4 Å². The minimum atomic E-state index is -1.55. The number of methoxy groups -OCH3 is 2. The van der Waals surface area contributed by atoms with Crippen molar-refractivity contribution in [1.29, 1.82) is 0 Å². The van der Waals surface area contributed by atoms with Crippen molar-refractivity contribution in [2.24, 2.45) is 13.0 Å². The van der Waals surface area contributed by atoms with Crippen LogP contribution in [0.25, 0.3) is 16.6 Å². The first-order valence-electron chi connectivity index (χ1n) is 20.1. The average molecular weight is 822 g/mol. The summed E-state index contributed by atoms with van der Waals surface area (Å²) in [6.07, 6.45) is 3.22. The van der Waals surface area contributed by atoms with Gasteiger partial charge in [-0.2, -0.15) is 0 Å². The average Bonchev–Trinajstić information content (AvgIpc) is 3.53. The summed E-state index contributed by atoms with van der Waals surface area (Å²) in [6.45, 7) is 1.87. The number of allylic oxidation sites excluding steroid dienone is 4. The molecule has 1 aliphatic heterocycles. The zero-order chi connectivity index (χ0) is 42.7. The van der Waals surface area contributed by atoms with Crippen LogP contribution in [-0.2, 0) is 41.6 Å². The van der Waals surface area contributed by atoms with E-state index in [2.05, 4.69) is 4.98 Å². The molecule has 3 aliphatic rings. The highest BCUT2D eigenvalue weighted by atomic mass is 16.5. The first-order chi connectivity index (χ1) is 29.5. The number of ketones is 2. The number of rotatable bonds is 10. The number of aryl methyl sites for hydroxylation is 2. The highest BCUT2D eigenvalue weighted by Gasteiger charge is 2.63. The maximum atomic E-state index is 15.3. The first-order valence-corrected chi connectivity index (χ1v) is 20.1. The molecular weight excluding hydrogens is 779 g/mol. The molecule has 1 N–H and O–H groups in total. The Bertz CT molecular complexity index is 3010. The Hall–Kier alpha value is -7.22. The van der Waals surface area contributed by atoms with Crippen LogP contribution in [0.2, 0.25) is 0 Å². The lowest BCUT2D eigenvalue weighted by Crippen LogP contribution is -2.58. The van der Waals surface area contributed by atoms with Gasteiger partial charge in [0.15, 0.2) is 34.6 Å². The normalized spacial score (nSPS) is 20.6. The van der Waals surface area contributed by atoms with E-state index in [4.69, 9.17) is 14.2 Å². The maximum Gasteiger partial charge on any atom is 0.347 e. The summed E-state index contributed by atoms with van der Waals surface area (Å²) < 4.78 is 22.0. The topological polar surface area (TPSA) is 166 Å². The zero-order valence-electron chi connectivity index (χ0n) is 34.0. The summed E-state index contributed by atoms with van der Waals surface area (Å²) in [7, 11) is 4.61. The van der Waals surface area contributed by atoms with Crippen LogP contribution in [0.1, 0.15) is 47.7 Å². The molecule has 4 aromatic carbocycles. The van der Waals surface area contributed by atoms with Gasteiger partial charge < -0.3 is 23.9 Å². The van der Waals surface area contributed by atoms with Crippen molar-refractivity contribution in [3.63, 3.8) is 0 Å². The van der Waals surface area contributed by atoms with Crippen molar-refractivity contribution in [3.8, 4) is 23.0 Å². The molecule has 1 saturated carbocycles. The van der Waals surface area contributed by atoms with Crippen LogP contribution in [0, 0.1) is 5.92 Å². The van der Waals surface area contributed by atoms with Crippen LogP contribution >= 0.6 is 0 Å². The van der Waals surface area contributed by atoms with E-state index in [9.17, 15) is 19.5 Å². The van der Waals surface area contributed by atoms with Gasteiger partial charge in [-0.05, 0) is 42.2 Å². The molecule has 0 radical (unpaired) electrons. The van der Waals surface area contributed by atoms with Crippen molar-refractivity contribution in [3.05, 3.63) is 162 Å². The van der Waals surface area contributed by atoms with E-state index >= 15 is 9.59 Å². The van der Waals surface area contributed by atoms with Crippen molar-refractivity contribution in [2.45, 2.75) is 50.2 Å². The fraction of sp³-hybridized carbons (Fsp3) is 0.277. The lowest BCUT2D eigenvalue weighted by atomic mass is 9.47. The van der Waals surface area contributed by atoms with E-state index in [0.717, 1.165) is 4.57 Å². The summed E-state index contributed by atoms with van der Waals surface area (Å²) in [5.41, 5.74) is 0.299. The fourth-order valence-electron chi connectivity index (χ4n) is 9.85. The number of carbonyl (C=O) groups is 2. The van der Waals surface area contributed by atoms with Crippen LogP contribution in [0.4, 0.5) is 0 Å². The van der Waals surface area contributed by atoms with Crippen LogP contribution in [-0.4, -0.2) is 61.0 Å². The lowest BCUT2D eigenvalue weighted by Gasteiger charge is -2.54. The number of hydrogen-bond donors (Lipinski definition) is 1. The predicted molar refractivity (Wildman–Crippen MR) is 227 cm³/mol. The first kappa shape index (κ1) is 39.3. The molecule has 0 spiro atoms. The Morgan fingerprint density at radius 2 is 1.56 bits per heavy atom. The monoisotopic (exact) mass is 821 g/mol. The number of aromatic hydroxyl groups is 1. The van der Waals surface area contributed by atoms with E-state index < -0.39 is 40.2 Å². The van der Waals surface area contributed by atoms with Gasteiger partial charge in [-0.15, -0.1) is 0 Å². The molecule has 2 aromatic heterocycles. The smallest absolute Gasteiger partial charge is 0.347 e. The highest BCUT2D eigenvalue weighted by Crippen LogP contribution is 2.62. The van der Waals surface area contributed by atoms with Crippen molar-refractivity contribution in [1.82, 2.24) is 23.5 Å². The second kappa shape index (κ2) is 15.1. The highest BCUT2D eigenvalue weighted by molar-refractivity contribution is 6.31. The molecule has 3 heterocycles. The molecule has 0 saturated heterocycles. The van der Waals surface area contributed by atoms with Gasteiger partial charge in [0, 0.05) is 55.1 Å². The second-order valence-electron chi connectivity index (χ2n) is 15.5. The molecule has 0 amide bonds. The van der Waals surface area contributed by atoms with Gasteiger partial charge >= 0.3 is 11.4 Å². The Labute approximate surface area is 349 Å². The number of phenolic OH excluding ortho intramolecular Hbond substituents is 1. The zero-order valence-corrected chi connectivity index (χ0v) is 34.0. The molecule has 9 rings (SSSR count). The van der Waals surface area contributed by atoms with Crippen LogP contribution in [0.5, 0.6) is 23.0 Å². The Morgan fingerprint density at radius 3 is 2.26 bits per heavy atom. The summed E-state index contributed by atoms with van der Waals surface area (Å²) in [5, 5.41) is 12.0. The minimum absolute atomic E-state index is 0.000679. The Morgan fingerprint density at radius 1 is 0.852 bits per heavy atom. The van der Waals surface area contributed by atoms with Crippen LogP contribution in [0.15, 0.2) is 123 Å². The minimum Gasteiger partial charge on any atom is -0.504 e. The Kier molecular flexibility index (Phi) is 9.72. The van der Waals surface area contributed by atoms with Crippen LogP contribution in [0.3, 0.4) is 0 Å². The van der Waals surface area contributed by atoms with Crippen molar-refractivity contribution in [2.75, 3.05) is 20.8 Å². The number of hydrogen-bond acceptors (Lipinski definition) is 10. The Balaban J connectivity index is 1.20. The van der Waals surface area contributed by atoms with E-state index in [-0.39, 0.29) is 66.9 Å². The SMILES string of the molecule is CCOc1cccc([C@H]2C3=CCn4c(=O)n(CCc5nc6cc(OC)c(OC)cc6n(C)c5=O)c(=O)n4[C@@H]3C[C@H]3C(=O)C(c4ccccc4)=CC(=O)[C@@]23c2ccccc2)c1O. The van der Waals surface area contributed by atoms with E-state index in [1.165, 1.54) is 34.2 Å². The van der Waals surface area contributed by atoms with Crippen molar-refractivity contribution >= 4 is 28.2 Å². The van der Waals surface area contributed by atoms with Gasteiger partial charge in [-0.1, -0.05) is 78.9 Å². The number of fused-ring (bicyclic) bond motifs is 5. The summed E-state index contributed by atoms with van der Waals surface area (Å²) in [4.78, 5) is 77.7. The number of para-hydroxylation sites is 1. The number of aromatic nitrogens is 5. The quantitative estimate of drug-likeness (QED) is 0.188. The number of Topliss-reactive ketones (excluding diaryl/α,β-unsaturated/α-hetero) is 1. The third-order valence-electron chi connectivity index (χ3n) is 12.6. The number of ether oxygens (including phenoxy) is 3. The summed E-state index contributed by atoms with van der Waals surface area (Å²) in [5.74, 6) is -1.74. The van der Waals surface area contributed by atoms with E-state index in [1.54, 1.807) is 68.6 Å². The number of carbonyl (C=O) groups excluding carboxylic acids is 2. The standard InChI is InChI=1S/C47H43N5O9/c1-5-61-37-18-12-17-30(43(37)55)41-29-19-22-51-45(57)50(21-20-33-44(56)49(2)36-26-39(60-4)38(59-3)25-34(36)48-33)46(58)52(51)35(29)24-32-42(54)31(27-13-8-6-9-14-27)23-40(53)47(32,41)28-15-10-7-11-16-28/h6-19,23,25-26,32,35,41,55H,5,20-22,24H2,1-4H3/t32-,35+,41+,47-/m0/s1. The largest absolute Gasteiger partial charge is 0.504 e. The molecule has 6 aromatic rings. The lowest BCUT2D eigenvalue weighted by molar-refractivity contribution is -0.133. The number of phenols is 1. The van der Waals surface area contributed by atoms with Crippen LogP contribution < -0.4 is 31.1 Å². The van der Waals surface area contributed by atoms with E-state index in [0.29, 0.717) is 44.8 Å². The molecule has 0 bridgehead atoms. The molecule has 14 heteroatoms. The van der Waals surface area contributed by atoms with Crippen molar-refractivity contribution < 1.29 is 28.9 Å². The maximum absolute atomic E-state index is 15.3. The second-order valence-corrected chi connectivity index (χ2v) is 15.5. The van der Waals surface area contributed by atoms with Gasteiger partial charge in [0.05, 0.1) is 49.9 Å². The molecule has 1 fully saturated rings. The third-order valence-corrected chi connectivity index (χ3v) is 12.6. The third kappa shape index (κ3) is 5.91. The summed E-state index contributed by atoms with van der Waals surface area (Å²) >= 11 is 0.